The Morgan fingerprint density at radius 1 is 0.938 bits per heavy atom. The molecule has 1 N–H and O–H groups in total. The number of benzene rings is 4. The molecule has 1 heterocycles. The zero-order chi connectivity index (χ0) is 21.9. The molecule has 1 aliphatic rings. The van der Waals surface area contributed by atoms with Crippen LogP contribution in [0.25, 0.3) is 27.6 Å². The third-order valence-electron chi connectivity index (χ3n) is 5.16. The van der Waals surface area contributed by atoms with E-state index in [0.717, 1.165) is 32.8 Å². The maximum absolute atomic E-state index is 12.8. The van der Waals surface area contributed by atoms with Crippen LogP contribution in [0.4, 0.5) is 5.69 Å². The van der Waals surface area contributed by atoms with Crippen molar-refractivity contribution < 1.29 is 9.53 Å². The van der Waals surface area contributed by atoms with Crippen LogP contribution < -0.4 is 10.1 Å². The minimum atomic E-state index is -0.190. The number of amides is 1. The highest BCUT2D eigenvalue weighted by atomic mass is 32.2. The molecule has 1 saturated heterocycles. The Morgan fingerprint density at radius 3 is 2.47 bits per heavy atom. The molecule has 0 spiro atoms. The van der Waals surface area contributed by atoms with E-state index >= 15 is 0 Å². The van der Waals surface area contributed by atoms with Crippen molar-refractivity contribution >= 4 is 56.1 Å². The highest BCUT2D eigenvalue weighted by molar-refractivity contribution is 8.18. The number of ether oxygens (including phenoxy) is 1. The molecule has 0 unspecified atom stereocenters. The average molecular weight is 435 g/mol. The molecule has 1 fully saturated rings. The highest BCUT2D eigenvalue weighted by Gasteiger charge is 2.25. The Labute approximate surface area is 190 Å². The van der Waals surface area contributed by atoms with Gasteiger partial charge in [0, 0.05) is 10.9 Å². The predicted octanol–water partition coefficient (Wildman–Crippen LogP) is 5.90. The molecule has 0 bridgehead atoms. The van der Waals surface area contributed by atoms with Gasteiger partial charge in [0.25, 0.3) is 5.91 Å². The number of carbonyl (C=O) groups is 1. The second-order valence-corrected chi connectivity index (χ2v) is 8.20. The van der Waals surface area contributed by atoms with E-state index in [9.17, 15) is 4.79 Å². The molecule has 1 aliphatic heterocycles. The fourth-order valence-corrected chi connectivity index (χ4v) is 4.51. The van der Waals surface area contributed by atoms with Crippen LogP contribution in [0.5, 0.6) is 5.75 Å². The van der Waals surface area contributed by atoms with Gasteiger partial charge in [-0.25, -0.2) is 4.99 Å². The van der Waals surface area contributed by atoms with Crippen LogP contribution in [-0.2, 0) is 4.79 Å². The fraction of sp³-hybridized carbons (Fsp3) is 0.0370. The van der Waals surface area contributed by atoms with Crippen LogP contribution in [0.15, 0.2) is 88.8 Å². The lowest BCUT2D eigenvalue weighted by atomic mass is 10.0. The summed E-state index contributed by atoms with van der Waals surface area (Å²) in [5, 5.41) is 7.61. The topological polar surface area (TPSA) is 50.7 Å². The molecule has 4 aromatic rings. The molecule has 32 heavy (non-hydrogen) atoms. The largest absolute Gasteiger partial charge is 0.480 e. The van der Waals surface area contributed by atoms with Crippen molar-refractivity contribution in [1.29, 1.82) is 0 Å². The molecule has 0 saturated carbocycles. The minimum Gasteiger partial charge on any atom is -0.480 e. The van der Waals surface area contributed by atoms with Crippen LogP contribution in [0.1, 0.15) is 5.56 Å². The Bertz CT molecular complexity index is 1460. The third-order valence-corrected chi connectivity index (χ3v) is 6.07. The van der Waals surface area contributed by atoms with Crippen molar-refractivity contribution in [2.45, 2.75) is 0 Å². The summed E-state index contributed by atoms with van der Waals surface area (Å²) < 4.78 is 5.76. The summed E-state index contributed by atoms with van der Waals surface area (Å²) in [6.45, 7) is 0.154. The van der Waals surface area contributed by atoms with Gasteiger partial charge in [0.15, 0.2) is 5.17 Å². The number of nitrogens with zero attached hydrogens (tertiary/aromatic N) is 1. The SMILES string of the molecule is C#CCOc1ccc2ccccc2c1/C=C1\SC(=Nc2cccc3ccccc23)NC1=O. The maximum atomic E-state index is 12.8. The Kier molecular flexibility index (Phi) is 5.37. The van der Waals surface area contributed by atoms with E-state index in [-0.39, 0.29) is 12.5 Å². The first-order valence-electron chi connectivity index (χ1n) is 10.1. The average Bonchev–Trinajstić information content (AvgIpc) is 3.17. The second kappa shape index (κ2) is 8.62. The van der Waals surface area contributed by atoms with Crippen LogP contribution in [0.2, 0.25) is 0 Å². The summed E-state index contributed by atoms with van der Waals surface area (Å²) in [7, 11) is 0. The second-order valence-electron chi connectivity index (χ2n) is 7.17. The van der Waals surface area contributed by atoms with Crippen molar-refractivity contribution in [1.82, 2.24) is 5.32 Å². The van der Waals surface area contributed by atoms with E-state index in [0.29, 0.717) is 15.8 Å². The number of carbonyl (C=O) groups excluding carboxylic acids is 1. The Hall–Kier alpha value is -4.01. The molecule has 0 atom stereocenters. The van der Waals surface area contributed by atoms with Crippen molar-refractivity contribution in [2.24, 2.45) is 4.99 Å². The van der Waals surface area contributed by atoms with Gasteiger partial charge in [-0.2, -0.15) is 0 Å². The smallest absolute Gasteiger partial charge is 0.264 e. The fourth-order valence-electron chi connectivity index (χ4n) is 3.70. The summed E-state index contributed by atoms with van der Waals surface area (Å²) in [6.07, 6.45) is 7.23. The van der Waals surface area contributed by atoms with Gasteiger partial charge in [-0.05, 0) is 46.1 Å². The summed E-state index contributed by atoms with van der Waals surface area (Å²) in [6, 6.07) is 25.8. The van der Waals surface area contributed by atoms with Crippen molar-refractivity contribution in [3.63, 3.8) is 0 Å². The van der Waals surface area contributed by atoms with Crippen LogP contribution >= 0.6 is 11.8 Å². The zero-order valence-electron chi connectivity index (χ0n) is 17.0. The minimum absolute atomic E-state index is 0.154. The quantitative estimate of drug-likeness (QED) is 0.322. The summed E-state index contributed by atoms with van der Waals surface area (Å²) in [5.74, 6) is 2.95. The zero-order valence-corrected chi connectivity index (χ0v) is 17.9. The third kappa shape index (κ3) is 3.84. The lowest BCUT2D eigenvalue weighted by Gasteiger charge is -2.10. The Balaban J connectivity index is 1.55. The van der Waals surface area contributed by atoms with Gasteiger partial charge < -0.3 is 10.1 Å². The molecule has 0 radical (unpaired) electrons. The van der Waals surface area contributed by atoms with Crippen molar-refractivity contribution in [3.8, 4) is 18.1 Å². The number of aliphatic imine (C=N–C) groups is 1. The van der Waals surface area contributed by atoms with E-state index in [4.69, 9.17) is 16.2 Å². The number of hydrogen-bond donors (Lipinski definition) is 1. The van der Waals surface area contributed by atoms with Crippen molar-refractivity contribution in [2.75, 3.05) is 6.61 Å². The monoisotopic (exact) mass is 434 g/mol. The van der Waals surface area contributed by atoms with Crippen LogP contribution in [0, 0.1) is 12.3 Å². The lowest BCUT2D eigenvalue weighted by molar-refractivity contribution is -0.115. The van der Waals surface area contributed by atoms with Crippen molar-refractivity contribution in [3.05, 3.63) is 89.3 Å². The molecule has 1 amide bonds. The number of nitrogens with one attached hydrogen (secondary N) is 1. The number of thioether (sulfide) groups is 1. The number of terminal acetylenes is 1. The van der Waals surface area contributed by atoms with Gasteiger partial charge in [0.05, 0.1) is 10.6 Å². The van der Waals surface area contributed by atoms with E-state index in [1.165, 1.54) is 11.8 Å². The van der Waals surface area contributed by atoms with Gasteiger partial charge in [0.2, 0.25) is 0 Å². The summed E-state index contributed by atoms with van der Waals surface area (Å²) >= 11 is 1.31. The lowest BCUT2D eigenvalue weighted by Crippen LogP contribution is -2.19. The van der Waals surface area contributed by atoms with E-state index < -0.39 is 0 Å². The first kappa shape index (κ1) is 19.9. The number of fused-ring (bicyclic) bond motifs is 2. The molecular formula is C27H18N2O2S. The number of rotatable bonds is 4. The number of hydrogen-bond acceptors (Lipinski definition) is 4. The van der Waals surface area contributed by atoms with E-state index in [2.05, 4.69) is 11.2 Å². The molecule has 4 nitrogen and oxygen atoms in total. The molecule has 154 valence electrons. The molecule has 5 heteroatoms. The van der Waals surface area contributed by atoms with E-state index in [1.807, 2.05) is 84.9 Å². The Morgan fingerprint density at radius 2 is 1.66 bits per heavy atom. The predicted molar refractivity (Wildman–Crippen MR) is 133 cm³/mol. The molecular weight excluding hydrogens is 416 g/mol. The first-order valence-corrected chi connectivity index (χ1v) is 10.9. The van der Waals surface area contributed by atoms with Crippen LogP contribution in [0.3, 0.4) is 0 Å². The van der Waals surface area contributed by atoms with E-state index in [1.54, 1.807) is 0 Å². The van der Waals surface area contributed by atoms with Gasteiger partial charge in [-0.3, -0.25) is 4.79 Å². The van der Waals surface area contributed by atoms with Gasteiger partial charge in [-0.1, -0.05) is 72.7 Å². The van der Waals surface area contributed by atoms with Gasteiger partial charge in [-0.15, -0.1) is 6.42 Å². The standard InChI is InChI=1S/C27H18N2O2S/c1-2-16-31-24-15-14-19-9-3-5-11-20(19)22(24)17-25-26(30)29-27(32-25)28-23-13-7-10-18-8-4-6-12-21(18)23/h1,3-15,17H,16H2,(H,28,29,30)/b25-17-. The summed E-state index contributed by atoms with van der Waals surface area (Å²) in [4.78, 5) is 18.0. The molecule has 0 aromatic heterocycles. The molecule has 0 aliphatic carbocycles. The first-order chi connectivity index (χ1) is 15.7. The number of amidine groups is 1. The highest BCUT2D eigenvalue weighted by Crippen LogP contribution is 2.35. The van der Waals surface area contributed by atoms with Gasteiger partial charge in [0.1, 0.15) is 12.4 Å². The van der Waals surface area contributed by atoms with Crippen LogP contribution in [-0.4, -0.2) is 17.7 Å². The van der Waals surface area contributed by atoms with Gasteiger partial charge >= 0.3 is 0 Å². The maximum Gasteiger partial charge on any atom is 0.264 e. The normalized spacial score (nSPS) is 15.9. The molecule has 5 rings (SSSR count). The summed E-state index contributed by atoms with van der Waals surface area (Å²) in [5.41, 5.74) is 1.64. The molecule has 4 aromatic carbocycles.